The van der Waals surface area contributed by atoms with E-state index in [4.69, 9.17) is 4.42 Å². The molecule has 0 fully saturated rings. The van der Waals surface area contributed by atoms with Crippen molar-refractivity contribution in [2.75, 3.05) is 5.75 Å². The van der Waals surface area contributed by atoms with Gasteiger partial charge in [0.1, 0.15) is 0 Å². The number of nitrogens with zero attached hydrogens (tertiary/aromatic N) is 2. The molecule has 0 aliphatic rings. The Hall–Kier alpha value is -1.82. The Balaban J connectivity index is 1.96. The van der Waals surface area contributed by atoms with E-state index in [0.29, 0.717) is 11.1 Å². The summed E-state index contributed by atoms with van der Waals surface area (Å²) in [5, 5.41) is 11.3. The zero-order chi connectivity index (χ0) is 15.5. The molecule has 0 saturated carbocycles. The lowest BCUT2D eigenvalue weighted by Gasteiger charge is -2.19. The molecule has 1 N–H and O–H groups in total. The number of carbonyl (C=O) groups excluding carboxylic acids is 1. The summed E-state index contributed by atoms with van der Waals surface area (Å²) in [7, 11) is 0. The van der Waals surface area contributed by atoms with Crippen LogP contribution in [-0.2, 0) is 4.79 Å². The second kappa shape index (κ2) is 6.30. The van der Waals surface area contributed by atoms with Crippen molar-refractivity contribution < 1.29 is 9.21 Å². The van der Waals surface area contributed by atoms with Crippen LogP contribution in [0.25, 0.3) is 11.5 Å². The van der Waals surface area contributed by atoms with Gasteiger partial charge in [-0.1, -0.05) is 29.5 Å². The van der Waals surface area contributed by atoms with E-state index in [0.717, 1.165) is 11.1 Å². The molecule has 0 unspecified atom stereocenters. The van der Waals surface area contributed by atoms with E-state index in [9.17, 15) is 4.79 Å². The second-order valence-corrected chi connectivity index (χ2v) is 6.76. The van der Waals surface area contributed by atoms with Crippen molar-refractivity contribution in [2.24, 2.45) is 0 Å². The van der Waals surface area contributed by atoms with Crippen LogP contribution in [0.1, 0.15) is 26.3 Å². The molecule has 0 saturated heterocycles. The molecule has 1 heterocycles. The number of carbonyl (C=O) groups is 1. The molecule has 1 aromatic heterocycles. The molecule has 6 heteroatoms. The number of nitrogens with one attached hydrogen (secondary N) is 1. The zero-order valence-corrected chi connectivity index (χ0v) is 13.5. The maximum absolute atomic E-state index is 11.7. The molecule has 2 aromatic rings. The minimum atomic E-state index is -0.237. The lowest BCUT2D eigenvalue weighted by atomic mass is 10.1. The summed E-state index contributed by atoms with van der Waals surface area (Å²) in [6.07, 6.45) is 0. The Morgan fingerprint density at radius 3 is 2.76 bits per heavy atom. The first kappa shape index (κ1) is 15.6. The molecule has 2 rings (SSSR count). The van der Waals surface area contributed by atoms with Crippen LogP contribution in [0.2, 0.25) is 0 Å². The van der Waals surface area contributed by atoms with Gasteiger partial charge in [0.05, 0.1) is 5.75 Å². The first-order chi connectivity index (χ1) is 9.83. The van der Waals surface area contributed by atoms with Crippen LogP contribution < -0.4 is 5.32 Å². The molecule has 0 aliphatic heterocycles. The van der Waals surface area contributed by atoms with Gasteiger partial charge in [-0.05, 0) is 39.8 Å². The average Bonchev–Trinajstić information content (AvgIpc) is 2.83. The number of rotatable bonds is 4. The fourth-order valence-electron chi connectivity index (χ4n) is 1.74. The molecular weight excluding hydrogens is 286 g/mol. The minimum Gasteiger partial charge on any atom is -0.411 e. The highest BCUT2D eigenvalue weighted by atomic mass is 32.2. The van der Waals surface area contributed by atoms with Gasteiger partial charge in [-0.15, -0.1) is 10.2 Å². The molecule has 21 heavy (non-hydrogen) atoms. The number of benzene rings is 1. The van der Waals surface area contributed by atoms with Gasteiger partial charge in [-0.3, -0.25) is 4.79 Å². The first-order valence-corrected chi connectivity index (χ1v) is 7.66. The molecule has 0 atom stereocenters. The highest BCUT2D eigenvalue weighted by Gasteiger charge is 2.15. The standard InChI is InChI=1S/C15H19N3O2S/c1-10-6-5-7-11(8-10)13-17-18-14(20-13)21-9-12(19)16-15(2,3)4/h5-8H,9H2,1-4H3,(H,16,19). The summed E-state index contributed by atoms with van der Waals surface area (Å²) in [6.45, 7) is 7.83. The van der Waals surface area contributed by atoms with Gasteiger partial charge in [-0.25, -0.2) is 0 Å². The molecule has 5 nitrogen and oxygen atoms in total. The van der Waals surface area contributed by atoms with Crippen molar-refractivity contribution in [3.05, 3.63) is 29.8 Å². The Labute approximate surface area is 128 Å². The molecule has 0 aliphatic carbocycles. The van der Waals surface area contributed by atoms with Gasteiger partial charge < -0.3 is 9.73 Å². The number of aryl methyl sites for hydroxylation is 1. The van der Waals surface area contributed by atoms with E-state index in [2.05, 4.69) is 15.5 Å². The van der Waals surface area contributed by atoms with E-state index in [1.54, 1.807) is 0 Å². The lowest BCUT2D eigenvalue weighted by Crippen LogP contribution is -2.41. The predicted octanol–water partition coefficient (Wildman–Crippen LogP) is 3.05. The summed E-state index contributed by atoms with van der Waals surface area (Å²) in [4.78, 5) is 11.7. The fraction of sp³-hybridized carbons (Fsp3) is 0.400. The van der Waals surface area contributed by atoms with Crippen molar-refractivity contribution in [3.8, 4) is 11.5 Å². The van der Waals surface area contributed by atoms with Crippen LogP contribution in [0.15, 0.2) is 33.9 Å². The Bertz CT molecular complexity index is 632. The molecule has 0 radical (unpaired) electrons. The Morgan fingerprint density at radius 1 is 1.33 bits per heavy atom. The molecule has 0 spiro atoms. The summed E-state index contributed by atoms with van der Waals surface area (Å²) >= 11 is 1.24. The van der Waals surface area contributed by atoms with Crippen molar-refractivity contribution in [1.29, 1.82) is 0 Å². The van der Waals surface area contributed by atoms with Gasteiger partial charge >= 0.3 is 0 Å². The van der Waals surface area contributed by atoms with Gasteiger partial charge in [-0.2, -0.15) is 0 Å². The number of hydrogen-bond donors (Lipinski definition) is 1. The van der Waals surface area contributed by atoms with E-state index >= 15 is 0 Å². The maximum atomic E-state index is 11.7. The molecule has 112 valence electrons. The smallest absolute Gasteiger partial charge is 0.277 e. The summed E-state index contributed by atoms with van der Waals surface area (Å²) in [5.41, 5.74) is 1.78. The Morgan fingerprint density at radius 2 is 2.10 bits per heavy atom. The van der Waals surface area contributed by atoms with E-state index in [1.165, 1.54) is 11.8 Å². The van der Waals surface area contributed by atoms with Crippen molar-refractivity contribution in [1.82, 2.24) is 15.5 Å². The second-order valence-electron chi connectivity index (χ2n) is 5.83. The van der Waals surface area contributed by atoms with Crippen LogP contribution in [-0.4, -0.2) is 27.4 Å². The molecule has 0 bridgehead atoms. The largest absolute Gasteiger partial charge is 0.411 e. The number of amides is 1. The normalized spacial score (nSPS) is 11.4. The highest BCUT2D eigenvalue weighted by Crippen LogP contribution is 2.23. The predicted molar refractivity (Wildman–Crippen MR) is 83.1 cm³/mol. The number of thioether (sulfide) groups is 1. The highest BCUT2D eigenvalue weighted by molar-refractivity contribution is 7.99. The van der Waals surface area contributed by atoms with Crippen molar-refractivity contribution in [3.63, 3.8) is 0 Å². The van der Waals surface area contributed by atoms with Gasteiger partial charge in [0.15, 0.2) is 0 Å². The fourth-order valence-corrected chi connectivity index (χ4v) is 2.31. The molecular formula is C15H19N3O2S. The van der Waals surface area contributed by atoms with Crippen molar-refractivity contribution in [2.45, 2.75) is 38.5 Å². The third kappa shape index (κ3) is 4.90. The summed E-state index contributed by atoms with van der Waals surface area (Å²) in [5.74, 6) is 0.674. The third-order valence-electron chi connectivity index (χ3n) is 2.51. The van der Waals surface area contributed by atoms with Crippen LogP contribution in [0, 0.1) is 6.92 Å². The SMILES string of the molecule is Cc1cccc(-c2nnc(SCC(=O)NC(C)(C)C)o2)c1. The van der Waals surface area contributed by atoms with Gasteiger partial charge in [0.2, 0.25) is 11.8 Å². The van der Waals surface area contributed by atoms with Gasteiger partial charge in [0.25, 0.3) is 5.22 Å². The Kier molecular flexibility index (Phi) is 4.67. The number of aromatic nitrogens is 2. The third-order valence-corrected chi connectivity index (χ3v) is 3.33. The molecule has 1 amide bonds. The minimum absolute atomic E-state index is 0.0530. The zero-order valence-electron chi connectivity index (χ0n) is 12.6. The maximum Gasteiger partial charge on any atom is 0.277 e. The van der Waals surface area contributed by atoms with Crippen LogP contribution in [0.4, 0.5) is 0 Å². The van der Waals surface area contributed by atoms with E-state index < -0.39 is 0 Å². The summed E-state index contributed by atoms with van der Waals surface area (Å²) < 4.78 is 5.57. The van der Waals surface area contributed by atoms with E-state index in [-0.39, 0.29) is 17.2 Å². The quantitative estimate of drug-likeness (QED) is 0.879. The van der Waals surface area contributed by atoms with Crippen LogP contribution in [0.5, 0.6) is 0 Å². The molecule has 1 aromatic carbocycles. The van der Waals surface area contributed by atoms with E-state index in [1.807, 2.05) is 52.0 Å². The number of hydrogen-bond acceptors (Lipinski definition) is 5. The first-order valence-electron chi connectivity index (χ1n) is 6.68. The van der Waals surface area contributed by atoms with Crippen LogP contribution in [0.3, 0.4) is 0 Å². The van der Waals surface area contributed by atoms with Gasteiger partial charge in [0, 0.05) is 11.1 Å². The summed E-state index contributed by atoms with van der Waals surface area (Å²) in [6, 6.07) is 7.85. The lowest BCUT2D eigenvalue weighted by molar-refractivity contribution is -0.119. The monoisotopic (exact) mass is 305 g/mol. The van der Waals surface area contributed by atoms with Crippen LogP contribution >= 0.6 is 11.8 Å². The van der Waals surface area contributed by atoms with Crippen molar-refractivity contribution >= 4 is 17.7 Å². The topological polar surface area (TPSA) is 68.0 Å². The average molecular weight is 305 g/mol.